The molecule has 1 aliphatic rings. The number of benzene rings is 1. The molecule has 0 aromatic heterocycles. The third kappa shape index (κ3) is 3.33. The van der Waals surface area contributed by atoms with Crippen LogP contribution in [0.1, 0.15) is 49.3 Å². The van der Waals surface area contributed by atoms with E-state index in [-0.39, 0.29) is 12.0 Å². The Morgan fingerprint density at radius 2 is 2.06 bits per heavy atom. The molecule has 2 rings (SSSR count). The number of ether oxygens (including phenoxy) is 1. The fourth-order valence-electron chi connectivity index (χ4n) is 2.22. The molecule has 0 amide bonds. The van der Waals surface area contributed by atoms with Gasteiger partial charge in [0.05, 0.1) is 13.5 Å². The van der Waals surface area contributed by atoms with Crippen LogP contribution in [0.3, 0.4) is 0 Å². The molecule has 1 saturated carbocycles. The molecule has 3 heteroatoms. The minimum Gasteiger partial charge on any atom is -0.469 e. The van der Waals surface area contributed by atoms with E-state index < -0.39 is 0 Å². The second kappa shape index (κ2) is 6.01. The van der Waals surface area contributed by atoms with Crippen LogP contribution in [-0.4, -0.2) is 19.6 Å². The van der Waals surface area contributed by atoms with Crippen molar-refractivity contribution < 1.29 is 9.53 Å². The minimum absolute atomic E-state index is 0.0516. The van der Waals surface area contributed by atoms with Gasteiger partial charge in [-0.05, 0) is 36.4 Å². The van der Waals surface area contributed by atoms with Crippen molar-refractivity contribution in [3.05, 3.63) is 35.4 Å². The zero-order valence-corrected chi connectivity index (χ0v) is 11.1. The van der Waals surface area contributed by atoms with Gasteiger partial charge in [-0.3, -0.25) is 4.79 Å². The van der Waals surface area contributed by atoms with Crippen molar-refractivity contribution in [3.8, 4) is 0 Å². The standard InChI is InChI=1S/C15H21NO2/c1-3-16-14(10-15(17)18-2)13-8-6-12(7-9-13)11-4-5-11/h6-9,11,14,16H,3-5,10H2,1-2H3. The number of rotatable bonds is 6. The van der Waals surface area contributed by atoms with Crippen molar-refractivity contribution in [2.75, 3.05) is 13.7 Å². The molecule has 1 atom stereocenters. The Morgan fingerprint density at radius 3 is 2.56 bits per heavy atom. The van der Waals surface area contributed by atoms with E-state index >= 15 is 0 Å². The van der Waals surface area contributed by atoms with Gasteiger partial charge in [0.1, 0.15) is 0 Å². The summed E-state index contributed by atoms with van der Waals surface area (Å²) in [5, 5.41) is 3.33. The molecule has 1 N–H and O–H groups in total. The Hall–Kier alpha value is -1.35. The second-order valence-corrected chi connectivity index (χ2v) is 4.83. The molecule has 18 heavy (non-hydrogen) atoms. The average Bonchev–Trinajstić information content (AvgIpc) is 3.22. The molecular formula is C15H21NO2. The summed E-state index contributed by atoms with van der Waals surface area (Å²) in [6.45, 7) is 2.88. The number of carbonyl (C=O) groups is 1. The first-order valence-electron chi connectivity index (χ1n) is 6.64. The normalized spacial score (nSPS) is 16.3. The lowest BCUT2D eigenvalue weighted by Crippen LogP contribution is -2.24. The quantitative estimate of drug-likeness (QED) is 0.786. The first-order valence-corrected chi connectivity index (χ1v) is 6.64. The van der Waals surface area contributed by atoms with Crippen LogP contribution < -0.4 is 5.32 Å². The number of hydrogen-bond donors (Lipinski definition) is 1. The highest BCUT2D eigenvalue weighted by Gasteiger charge is 2.23. The number of methoxy groups -OCH3 is 1. The van der Waals surface area contributed by atoms with Crippen molar-refractivity contribution in [3.63, 3.8) is 0 Å². The summed E-state index contributed by atoms with van der Waals surface area (Å²) in [6.07, 6.45) is 3.02. The maximum atomic E-state index is 11.4. The Labute approximate surface area is 109 Å². The van der Waals surface area contributed by atoms with Crippen molar-refractivity contribution in [1.82, 2.24) is 5.32 Å². The Balaban J connectivity index is 2.06. The molecule has 1 fully saturated rings. The molecule has 1 aromatic rings. The van der Waals surface area contributed by atoms with Crippen LogP contribution in [0.2, 0.25) is 0 Å². The summed E-state index contributed by atoms with van der Waals surface area (Å²) in [5.74, 6) is 0.601. The van der Waals surface area contributed by atoms with Gasteiger partial charge in [-0.15, -0.1) is 0 Å². The third-order valence-electron chi connectivity index (χ3n) is 3.44. The van der Waals surface area contributed by atoms with E-state index in [1.165, 1.54) is 25.5 Å². The third-order valence-corrected chi connectivity index (χ3v) is 3.44. The van der Waals surface area contributed by atoms with Crippen molar-refractivity contribution in [2.24, 2.45) is 0 Å². The summed E-state index contributed by atoms with van der Waals surface area (Å²) in [5.41, 5.74) is 2.58. The zero-order valence-electron chi connectivity index (χ0n) is 11.1. The molecule has 3 nitrogen and oxygen atoms in total. The molecule has 0 heterocycles. The van der Waals surface area contributed by atoms with Crippen LogP contribution >= 0.6 is 0 Å². The molecule has 0 bridgehead atoms. The molecular weight excluding hydrogens is 226 g/mol. The van der Waals surface area contributed by atoms with Crippen molar-refractivity contribution in [1.29, 1.82) is 0 Å². The summed E-state index contributed by atoms with van der Waals surface area (Å²) in [7, 11) is 1.43. The van der Waals surface area contributed by atoms with Gasteiger partial charge in [-0.25, -0.2) is 0 Å². The summed E-state index contributed by atoms with van der Waals surface area (Å²) in [4.78, 5) is 11.4. The number of nitrogens with one attached hydrogen (secondary N) is 1. The van der Waals surface area contributed by atoms with Crippen molar-refractivity contribution >= 4 is 5.97 Å². The summed E-state index contributed by atoms with van der Waals surface area (Å²) in [6, 6.07) is 8.69. The highest BCUT2D eigenvalue weighted by molar-refractivity contribution is 5.70. The van der Waals surface area contributed by atoms with Crippen LogP contribution in [-0.2, 0) is 9.53 Å². The molecule has 1 aliphatic carbocycles. The molecule has 0 saturated heterocycles. The maximum absolute atomic E-state index is 11.4. The van der Waals surface area contributed by atoms with E-state index in [4.69, 9.17) is 4.74 Å². The van der Waals surface area contributed by atoms with E-state index in [9.17, 15) is 4.79 Å². The monoisotopic (exact) mass is 247 g/mol. The Morgan fingerprint density at radius 1 is 1.39 bits per heavy atom. The predicted molar refractivity (Wildman–Crippen MR) is 71.5 cm³/mol. The summed E-state index contributed by atoms with van der Waals surface area (Å²) < 4.78 is 4.74. The van der Waals surface area contributed by atoms with Crippen LogP contribution in [0.4, 0.5) is 0 Å². The number of esters is 1. The lowest BCUT2D eigenvalue weighted by atomic mass is 10.0. The van der Waals surface area contributed by atoms with Gasteiger partial charge in [0, 0.05) is 6.04 Å². The molecule has 0 aliphatic heterocycles. The molecule has 1 unspecified atom stereocenters. The fourth-order valence-corrected chi connectivity index (χ4v) is 2.22. The first-order chi connectivity index (χ1) is 8.74. The Bertz CT molecular complexity index is 395. The van der Waals surface area contributed by atoms with Crippen LogP contribution in [0.25, 0.3) is 0 Å². The van der Waals surface area contributed by atoms with Gasteiger partial charge in [0.2, 0.25) is 0 Å². The van der Waals surface area contributed by atoms with Gasteiger partial charge >= 0.3 is 5.97 Å². The van der Waals surface area contributed by atoms with E-state index in [1.54, 1.807) is 0 Å². The van der Waals surface area contributed by atoms with E-state index in [0.29, 0.717) is 6.42 Å². The van der Waals surface area contributed by atoms with Crippen molar-refractivity contribution in [2.45, 2.75) is 38.1 Å². The number of carbonyl (C=O) groups excluding carboxylic acids is 1. The largest absolute Gasteiger partial charge is 0.469 e. The van der Waals surface area contributed by atoms with E-state index in [2.05, 4.69) is 29.6 Å². The molecule has 98 valence electrons. The summed E-state index contributed by atoms with van der Waals surface area (Å²) >= 11 is 0. The van der Waals surface area contributed by atoms with E-state index in [1.807, 2.05) is 6.92 Å². The zero-order chi connectivity index (χ0) is 13.0. The molecule has 0 spiro atoms. The molecule has 0 radical (unpaired) electrons. The van der Waals surface area contributed by atoms with E-state index in [0.717, 1.165) is 18.0 Å². The fraction of sp³-hybridized carbons (Fsp3) is 0.533. The topological polar surface area (TPSA) is 38.3 Å². The van der Waals surface area contributed by atoms with Gasteiger partial charge < -0.3 is 10.1 Å². The van der Waals surface area contributed by atoms with Crippen LogP contribution in [0.5, 0.6) is 0 Å². The van der Waals surface area contributed by atoms with Gasteiger partial charge in [-0.2, -0.15) is 0 Å². The Kier molecular flexibility index (Phi) is 4.37. The second-order valence-electron chi connectivity index (χ2n) is 4.83. The van der Waals surface area contributed by atoms with Gasteiger partial charge in [0.15, 0.2) is 0 Å². The highest BCUT2D eigenvalue weighted by Crippen LogP contribution is 2.40. The smallest absolute Gasteiger partial charge is 0.307 e. The van der Waals surface area contributed by atoms with Gasteiger partial charge in [-0.1, -0.05) is 31.2 Å². The lowest BCUT2D eigenvalue weighted by Gasteiger charge is -2.17. The SMILES string of the molecule is CCNC(CC(=O)OC)c1ccc(C2CC2)cc1. The first kappa shape index (κ1) is 13.1. The highest BCUT2D eigenvalue weighted by atomic mass is 16.5. The van der Waals surface area contributed by atoms with Gasteiger partial charge in [0.25, 0.3) is 0 Å². The average molecular weight is 247 g/mol. The van der Waals surface area contributed by atoms with Crippen LogP contribution in [0.15, 0.2) is 24.3 Å². The lowest BCUT2D eigenvalue weighted by molar-refractivity contribution is -0.141. The minimum atomic E-state index is -0.174. The predicted octanol–water partition coefficient (Wildman–Crippen LogP) is 2.78. The number of hydrogen-bond acceptors (Lipinski definition) is 3. The van der Waals surface area contributed by atoms with Crippen LogP contribution in [0, 0.1) is 0 Å². The maximum Gasteiger partial charge on any atom is 0.307 e. The molecule has 1 aromatic carbocycles.